The molecule has 2 rings (SSSR count). The molecule has 0 bridgehead atoms. The third-order valence-corrected chi connectivity index (χ3v) is 5.02. The van der Waals surface area contributed by atoms with E-state index in [9.17, 15) is 8.42 Å². The van der Waals surface area contributed by atoms with Crippen LogP contribution < -0.4 is 23.7 Å². The van der Waals surface area contributed by atoms with Gasteiger partial charge in [0.1, 0.15) is 5.75 Å². The maximum atomic E-state index is 12.6. The Morgan fingerprint density at radius 2 is 1.40 bits per heavy atom. The molecule has 0 atom stereocenters. The van der Waals surface area contributed by atoms with Gasteiger partial charge >= 0.3 is 0 Å². The second-order valence-electron chi connectivity index (χ2n) is 4.82. The molecule has 0 saturated heterocycles. The molecule has 0 saturated carbocycles. The standard InChI is InChI=1S/C16H18ClNO6S/c1-21-13-6-5-11(9-12(13)17)25(19,20)18-10-7-14(22-2)16(24-4)15(8-10)23-3/h5-9,18H,1-4H3. The van der Waals surface area contributed by atoms with Crippen molar-refractivity contribution in [3.63, 3.8) is 0 Å². The number of sulfonamides is 1. The summed E-state index contributed by atoms with van der Waals surface area (Å²) in [4.78, 5) is -0.00736. The molecule has 7 nitrogen and oxygen atoms in total. The lowest BCUT2D eigenvalue weighted by Gasteiger charge is -2.15. The maximum Gasteiger partial charge on any atom is 0.261 e. The Kier molecular flexibility index (Phi) is 5.86. The molecule has 0 aliphatic heterocycles. The van der Waals surface area contributed by atoms with Crippen LogP contribution in [-0.2, 0) is 10.0 Å². The van der Waals surface area contributed by atoms with Gasteiger partial charge in [-0.25, -0.2) is 8.42 Å². The first-order valence-corrected chi connectivity index (χ1v) is 8.88. The van der Waals surface area contributed by atoms with Crippen LogP contribution in [0.15, 0.2) is 35.2 Å². The van der Waals surface area contributed by atoms with Crippen molar-refractivity contribution in [2.24, 2.45) is 0 Å². The normalized spacial score (nSPS) is 10.9. The first-order valence-electron chi connectivity index (χ1n) is 7.02. The second-order valence-corrected chi connectivity index (χ2v) is 6.91. The molecular formula is C16H18ClNO6S. The monoisotopic (exact) mass is 387 g/mol. The number of benzene rings is 2. The molecule has 0 aromatic heterocycles. The molecule has 0 amide bonds. The highest BCUT2D eigenvalue weighted by atomic mass is 35.5. The number of hydrogen-bond acceptors (Lipinski definition) is 6. The summed E-state index contributed by atoms with van der Waals surface area (Å²) in [6.07, 6.45) is 0. The van der Waals surface area contributed by atoms with Crippen LogP contribution in [0.4, 0.5) is 5.69 Å². The Labute approximate surface area is 151 Å². The largest absolute Gasteiger partial charge is 0.495 e. The maximum absolute atomic E-state index is 12.6. The zero-order valence-corrected chi connectivity index (χ0v) is 15.7. The van der Waals surface area contributed by atoms with Crippen LogP contribution in [0.25, 0.3) is 0 Å². The van der Waals surface area contributed by atoms with E-state index in [1.165, 1.54) is 58.8 Å². The highest BCUT2D eigenvalue weighted by Gasteiger charge is 2.19. The van der Waals surface area contributed by atoms with E-state index < -0.39 is 10.0 Å². The molecule has 0 radical (unpaired) electrons. The van der Waals surface area contributed by atoms with E-state index in [1.54, 1.807) is 0 Å². The molecule has 136 valence electrons. The van der Waals surface area contributed by atoms with Crippen LogP contribution in [0.2, 0.25) is 5.02 Å². The minimum atomic E-state index is -3.87. The topological polar surface area (TPSA) is 83.1 Å². The average molecular weight is 388 g/mol. The van der Waals surface area contributed by atoms with Gasteiger partial charge in [0.15, 0.2) is 11.5 Å². The Hall–Kier alpha value is -2.32. The summed E-state index contributed by atoms with van der Waals surface area (Å²) < 4.78 is 48.3. The number of hydrogen-bond donors (Lipinski definition) is 1. The predicted octanol–water partition coefficient (Wildman–Crippen LogP) is 3.18. The van der Waals surface area contributed by atoms with Gasteiger partial charge in [-0.1, -0.05) is 11.6 Å². The Morgan fingerprint density at radius 3 is 1.84 bits per heavy atom. The van der Waals surface area contributed by atoms with Gasteiger partial charge in [0, 0.05) is 12.1 Å². The van der Waals surface area contributed by atoms with Gasteiger partial charge < -0.3 is 18.9 Å². The molecule has 25 heavy (non-hydrogen) atoms. The van der Waals surface area contributed by atoms with E-state index >= 15 is 0 Å². The van der Waals surface area contributed by atoms with Crippen LogP contribution >= 0.6 is 11.6 Å². The number of anilines is 1. The average Bonchev–Trinajstić information content (AvgIpc) is 2.60. The van der Waals surface area contributed by atoms with Gasteiger partial charge in [-0.05, 0) is 18.2 Å². The Balaban J connectivity index is 2.42. The van der Waals surface area contributed by atoms with Crippen LogP contribution in [-0.4, -0.2) is 36.9 Å². The van der Waals surface area contributed by atoms with Crippen molar-refractivity contribution in [1.82, 2.24) is 0 Å². The second kappa shape index (κ2) is 7.71. The zero-order valence-electron chi connectivity index (χ0n) is 14.1. The molecule has 0 heterocycles. The third kappa shape index (κ3) is 4.02. The number of methoxy groups -OCH3 is 4. The molecular weight excluding hydrogens is 370 g/mol. The minimum absolute atomic E-state index is 0.00736. The summed E-state index contributed by atoms with van der Waals surface area (Å²) in [5.41, 5.74) is 0.251. The summed E-state index contributed by atoms with van der Waals surface area (Å²) >= 11 is 6.00. The summed E-state index contributed by atoms with van der Waals surface area (Å²) in [5, 5.41) is 0.190. The van der Waals surface area contributed by atoms with Gasteiger partial charge in [-0.3, -0.25) is 4.72 Å². The van der Waals surface area contributed by atoms with Crippen LogP contribution in [0.3, 0.4) is 0 Å². The molecule has 1 N–H and O–H groups in total. The summed E-state index contributed by atoms with van der Waals surface area (Å²) in [6, 6.07) is 7.16. The van der Waals surface area contributed by atoms with E-state index in [0.29, 0.717) is 23.0 Å². The predicted molar refractivity (Wildman–Crippen MR) is 94.9 cm³/mol. The lowest BCUT2D eigenvalue weighted by molar-refractivity contribution is 0.325. The fourth-order valence-corrected chi connectivity index (χ4v) is 3.56. The quantitative estimate of drug-likeness (QED) is 0.785. The van der Waals surface area contributed by atoms with Crippen molar-refractivity contribution in [2.75, 3.05) is 33.2 Å². The van der Waals surface area contributed by atoms with E-state index in [2.05, 4.69) is 4.72 Å². The van der Waals surface area contributed by atoms with E-state index in [0.717, 1.165) is 0 Å². The van der Waals surface area contributed by atoms with Gasteiger partial charge in [0.05, 0.1) is 44.0 Å². The molecule has 2 aromatic rings. The third-order valence-electron chi connectivity index (χ3n) is 3.35. The summed E-state index contributed by atoms with van der Waals surface area (Å²) in [6.45, 7) is 0. The van der Waals surface area contributed by atoms with Crippen molar-refractivity contribution in [2.45, 2.75) is 4.90 Å². The molecule has 0 aliphatic carbocycles. The fourth-order valence-electron chi connectivity index (χ4n) is 2.17. The summed E-state index contributed by atoms with van der Waals surface area (Å²) in [5.74, 6) is 1.40. The molecule has 0 fully saturated rings. The molecule has 0 unspecified atom stereocenters. The lowest BCUT2D eigenvalue weighted by Crippen LogP contribution is -2.13. The number of rotatable bonds is 7. The van der Waals surface area contributed by atoms with Gasteiger partial charge in [-0.15, -0.1) is 0 Å². The van der Waals surface area contributed by atoms with Crippen molar-refractivity contribution in [3.8, 4) is 23.0 Å². The molecule has 2 aromatic carbocycles. The van der Waals surface area contributed by atoms with Crippen LogP contribution in [0.5, 0.6) is 23.0 Å². The Morgan fingerprint density at radius 1 is 0.840 bits per heavy atom. The van der Waals surface area contributed by atoms with Gasteiger partial charge in [-0.2, -0.15) is 0 Å². The van der Waals surface area contributed by atoms with Gasteiger partial charge in [0.2, 0.25) is 5.75 Å². The van der Waals surface area contributed by atoms with Crippen molar-refractivity contribution >= 4 is 27.3 Å². The number of halogens is 1. The molecule has 9 heteroatoms. The summed E-state index contributed by atoms with van der Waals surface area (Å²) in [7, 11) is 1.92. The zero-order chi connectivity index (χ0) is 18.6. The minimum Gasteiger partial charge on any atom is -0.495 e. The highest BCUT2D eigenvalue weighted by molar-refractivity contribution is 7.92. The lowest BCUT2D eigenvalue weighted by atomic mass is 10.2. The first kappa shape index (κ1) is 19.0. The van der Waals surface area contributed by atoms with Crippen molar-refractivity contribution < 1.29 is 27.4 Å². The highest BCUT2D eigenvalue weighted by Crippen LogP contribution is 2.40. The molecule has 0 aliphatic rings. The van der Waals surface area contributed by atoms with Crippen LogP contribution in [0.1, 0.15) is 0 Å². The number of ether oxygens (including phenoxy) is 4. The SMILES string of the molecule is COc1ccc(S(=O)(=O)Nc2cc(OC)c(OC)c(OC)c2)cc1Cl. The van der Waals surface area contributed by atoms with E-state index in [1.807, 2.05) is 0 Å². The van der Waals surface area contributed by atoms with Crippen molar-refractivity contribution in [3.05, 3.63) is 35.4 Å². The smallest absolute Gasteiger partial charge is 0.261 e. The van der Waals surface area contributed by atoms with Crippen LogP contribution in [0, 0.1) is 0 Å². The Bertz CT molecular complexity index is 844. The van der Waals surface area contributed by atoms with E-state index in [-0.39, 0.29) is 15.6 Å². The number of nitrogens with one attached hydrogen (secondary N) is 1. The van der Waals surface area contributed by atoms with Gasteiger partial charge in [0.25, 0.3) is 10.0 Å². The molecule has 0 spiro atoms. The van der Waals surface area contributed by atoms with Crippen molar-refractivity contribution in [1.29, 1.82) is 0 Å². The first-order chi connectivity index (χ1) is 11.9. The fraction of sp³-hybridized carbons (Fsp3) is 0.250. The van der Waals surface area contributed by atoms with E-state index in [4.69, 9.17) is 30.5 Å².